The molecule has 2 aromatic rings. The predicted octanol–water partition coefficient (Wildman–Crippen LogP) is 3.22. The van der Waals surface area contributed by atoms with E-state index in [9.17, 15) is 4.79 Å². The number of aryl methyl sites for hydroxylation is 2. The van der Waals surface area contributed by atoms with E-state index in [1.807, 2.05) is 68.5 Å². The molecule has 0 fully saturated rings. The maximum absolute atomic E-state index is 12.1. The molecule has 0 saturated heterocycles. The highest BCUT2D eigenvalue weighted by Gasteiger charge is 2.21. The molecule has 0 bridgehead atoms. The second-order valence-electron chi connectivity index (χ2n) is 5.17. The number of carbonyl (C=O) groups is 1. The van der Waals surface area contributed by atoms with Gasteiger partial charge in [0.25, 0.3) is 5.91 Å². The maximum Gasteiger partial charge on any atom is 0.275 e. The molecular weight excluding hydrogens is 260 g/mol. The summed E-state index contributed by atoms with van der Waals surface area (Å²) in [6, 6.07) is 15.9. The van der Waals surface area contributed by atoms with Crippen molar-refractivity contribution in [3.63, 3.8) is 0 Å². The Hall–Kier alpha value is -2.68. The van der Waals surface area contributed by atoms with Gasteiger partial charge in [-0.25, -0.2) is 4.99 Å². The average molecular weight is 276 g/mol. The Morgan fingerprint density at radius 1 is 1.05 bits per heavy atom. The molecule has 104 valence electrons. The first-order chi connectivity index (χ1) is 10.1. The fraction of sp³-hybridized carbons (Fsp3) is 0.111. The first-order valence-electron chi connectivity index (χ1n) is 6.88. The smallest absolute Gasteiger partial charge is 0.275 e. The summed E-state index contributed by atoms with van der Waals surface area (Å²) in [5.74, 6) is 0.465. The summed E-state index contributed by atoms with van der Waals surface area (Å²) in [5, 5.41) is 2.84. The Balaban J connectivity index is 1.98. The van der Waals surface area contributed by atoms with Crippen LogP contribution in [0, 0.1) is 13.8 Å². The number of benzene rings is 2. The fourth-order valence-electron chi connectivity index (χ4n) is 2.35. The summed E-state index contributed by atoms with van der Waals surface area (Å²) >= 11 is 0. The molecule has 0 aliphatic carbocycles. The highest BCUT2D eigenvalue weighted by Crippen LogP contribution is 2.17. The monoisotopic (exact) mass is 276 g/mol. The molecule has 0 spiro atoms. The van der Waals surface area contributed by atoms with Crippen LogP contribution in [0.5, 0.6) is 0 Å². The molecule has 2 aromatic carbocycles. The largest absolute Gasteiger partial charge is 0.305 e. The molecule has 3 rings (SSSR count). The van der Waals surface area contributed by atoms with Gasteiger partial charge in [0.15, 0.2) is 0 Å². The van der Waals surface area contributed by atoms with E-state index in [0.717, 1.165) is 22.3 Å². The summed E-state index contributed by atoms with van der Waals surface area (Å²) in [6.45, 7) is 4.03. The zero-order valence-electron chi connectivity index (χ0n) is 12.1. The predicted molar refractivity (Wildman–Crippen MR) is 85.0 cm³/mol. The van der Waals surface area contributed by atoms with Crippen LogP contribution in [-0.4, -0.2) is 11.7 Å². The molecule has 1 N–H and O–H groups in total. The van der Waals surface area contributed by atoms with E-state index in [1.165, 1.54) is 0 Å². The van der Waals surface area contributed by atoms with Gasteiger partial charge in [0.05, 0.1) is 0 Å². The molecule has 3 nitrogen and oxygen atoms in total. The number of rotatable bonds is 2. The van der Waals surface area contributed by atoms with E-state index in [2.05, 4.69) is 10.3 Å². The lowest BCUT2D eigenvalue weighted by atomic mass is 10.1. The van der Waals surface area contributed by atoms with Gasteiger partial charge in [-0.15, -0.1) is 0 Å². The van der Waals surface area contributed by atoms with Crippen molar-refractivity contribution in [3.8, 4) is 0 Å². The Labute approximate surface area is 124 Å². The first-order valence-corrected chi connectivity index (χ1v) is 6.88. The van der Waals surface area contributed by atoms with Crippen LogP contribution in [0.15, 0.2) is 59.2 Å². The van der Waals surface area contributed by atoms with Crippen molar-refractivity contribution in [1.82, 2.24) is 5.32 Å². The lowest BCUT2D eigenvalue weighted by molar-refractivity contribution is -0.115. The molecule has 0 saturated carbocycles. The van der Waals surface area contributed by atoms with Crippen LogP contribution in [0.2, 0.25) is 0 Å². The highest BCUT2D eigenvalue weighted by atomic mass is 16.2. The number of amidine groups is 1. The average Bonchev–Trinajstić information content (AvgIpc) is 2.80. The lowest BCUT2D eigenvalue weighted by Crippen LogP contribution is -2.25. The fourth-order valence-corrected chi connectivity index (χ4v) is 2.35. The Bertz CT molecular complexity index is 772. The van der Waals surface area contributed by atoms with E-state index >= 15 is 0 Å². The number of hydrogen-bond acceptors (Lipinski definition) is 2. The van der Waals surface area contributed by atoms with Crippen molar-refractivity contribution in [2.24, 2.45) is 4.99 Å². The van der Waals surface area contributed by atoms with Crippen molar-refractivity contribution in [1.29, 1.82) is 0 Å². The molecule has 0 radical (unpaired) electrons. The standard InChI is InChI=1S/C18H16N2O/c1-12-6-5-8-14(10-12)11-16-18(21)20-17(19-16)15-9-4-3-7-13(15)2/h3-11H,1-2H3,(H,19,20,21)/b16-11+. The third-order valence-corrected chi connectivity index (χ3v) is 3.44. The van der Waals surface area contributed by atoms with Gasteiger partial charge >= 0.3 is 0 Å². The van der Waals surface area contributed by atoms with Crippen LogP contribution in [0.1, 0.15) is 22.3 Å². The molecule has 1 aliphatic rings. The summed E-state index contributed by atoms with van der Waals surface area (Å²) in [7, 11) is 0. The van der Waals surface area contributed by atoms with Gasteiger partial charge in [-0.05, 0) is 31.1 Å². The van der Waals surface area contributed by atoms with E-state index in [1.54, 1.807) is 0 Å². The molecule has 1 aliphatic heterocycles. The van der Waals surface area contributed by atoms with Crippen molar-refractivity contribution < 1.29 is 4.79 Å². The second kappa shape index (κ2) is 5.37. The first kappa shape index (κ1) is 13.3. The number of carbonyl (C=O) groups excluding carboxylic acids is 1. The summed E-state index contributed by atoms with van der Waals surface area (Å²) < 4.78 is 0. The molecule has 0 aromatic heterocycles. The number of amides is 1. The molecule has 1 amide bonds. The number of nitrogens with one attached hydrogen (secondary N) is 1. The van der Waals surface area contributed by atoms with Gasteiger partial charge in [0.2, 0.25) is 0 Å². The van der Waals surface area contributed by atoms with Gasteiger partial charge in [-0.2, -0.15) is 0 Å². The molecule has 21 heavy (non-hydrogen) atoms. The quantitative estimate of drug-likeness (QED) is 0.841. The van der Waals surface area contributed by atoms with Gasteiger partial charge in [0, 0.05) is 5.56 Å². The molecule has 0 unspecified atom stereocenters. The van der Waals surface area contributed by atoms with Crippen LogP contribution in [0.25, 0.3) is 6.08 Å². The van der Waals surface area contributed by atoms with Crippen LogP contribution in [-0.2, 0) is 4.79 Å². The highest BCUT2D eigenvalue weighted by molar-refractivity contribution is 6.20. The van der Waals surface area contributed by atoms with Gasteiger partial charge < -0.3 is 5.32 Å². The summed E-state index contributed by atoms with van der Waals surface area (Å²) in [4.78, 5) is 16.5. The minimum absolute atomic E-state index is 0.158. The van der Waals surface area contributed by atoms with Crippen molar-refractivity contribution in [3.05, 3.63) is 76.5 Å². The maximum atomic E-state index is 12.1. The number of aliphatic imine (C=N–C) groups is 1. The zero-order valence-corrected chi connectivity index (χ0v) is 12.1. The summed E-state index contributed by atoms with van der Waals surface area (Å²) in [5.41, 5.74) is 4.63. The van der Waals surface area contributed by atoms with E-state index in [-0.39, 0.29) is 5.91 Å². The van der Waals surface area contributed by atoms with Gasteiger partial charge in [-0.3, -0.25) is 4.79 Å². The molecular formula is C18H16N2O. The van der Waals surface area contributed by atoms with Crippen molar-refractivity contribution in [2.75, 3.05) is 0 Å². The Kier molecular flexibility index (Phi) is 3.40. The van der Waals surface area contributed by atoms with Gasteiger partial charge in [-0.1, -0.05) is 54.1 Å². The minimum atomic E-state index is -0.158. The topological polar surface area (TPSA) is 41.5 Å². The number of nitrogens with zero attached hydrogens (tertiary/aromatic N) is 1. The lowest BCUT2D eigenvalue weighted by Gasteiger charge is -2.03. The SMILES string of the molecule is Cc1cccc(/C=C2/N=C(c3ccccc3C)NC2=O)c1. The van der Waals surface area contributed by atoms with Crippen LogP contribution < -0.4 is 5.32 Å². The molecule has 3 heteroatoms. The van der Waals surface area contributed by atoms with Crippen LogP contribution >= 0.6 is 0 Å². The molecule has 1 heterocycles. The van der Waals surface area contributed by atoms with E-state index in [4.69, 9.17) is 0 Å². The van der Waals surface area contributed by atoms with Crippen LogP contribution in [0.3, 0.4) is 0 Å². The van der Waals surface area contributed by atoms with Gasteiger partial charge in [0.1, 0.15) is 11.5 Å². The number of hydrogen-bond donors (Lipinski definition) is 1. The third-order valence-electron chi connectivity index (χ3n) is 3.44. The van der Waals surface area contributed by atoms with Crippen LogP contribution in [0.4, 0.5) is 0 Å². The normalized spacial score (nSPS) is 16.0. The third kappa shape index (κ3) is 2.77. The Morgan fingerprint density at radius 2 is 1.86 bits per heavy atom. The zero-order chi connectivity index (χ0) is 14.8. The Morgan fingerprint density at radius 3 is 2.62 bits per heavy atom. The van der Waals surface area contributed by atoms with E-state index < -0.39 is 0 Å². The summed E-state index contributed by atoms with van der Waals surface area (Å²) in [6.07, 6.45) is 1.81. The minimum Gasteiger partial charge on any atom is -0.305 e. The second-order valence-corrected chi connectivity index (χ2v) is 5.17. The van der Waals surface area contributed by atoms with E-state index in [0.29, 0.717) is 11.5 Å². The molecule has 0 atom stereocenters. The van der Waals surface area contributed by atoms with Crippen molar-refractivity contribution in [2.45, 2.75) is 13.8 Å². The van der Waals surface area contributed by atoms with Crippen molar-refractivity contribution >= 4 is 17.8 Å².